The molecule has 0 aromatic rings. The normalized spacial score (nSPS) is 49.4. The second-order valence-corrected chi connectivity index (χ2v) is 5.54. The minimum atomic E-state index is 0.179. The molecule has 0 heterocycles. The van der Waals surface area contributed by atoms with Crippen LogP contribution in [0.4, 0.5) is 0 Å². The van der Waals surface area contributed by atoms with Crippen molar-refractivity contribution >= 4 is 5.91 Å². The zero-order valence-corrected chi connectivity index (χ0v) is 8.88. The second kappa shape index (κ2) is 2.74. The van der Waals surface area contributed by atoms with Crippen LogP contribution in [0, 0.1) is 17.8 Å². The Balaban J connectivity index is 1.88. The molecule has 3 rings (SSSR count). The Hall–Kier alpha value is -0.530. The predicted octanol–water partition coefficient (Wildman–Crippen LogP) is 2.09. The maximum Gasteiger partial charge on any atom is 0.217 e. The van der Waals surface area contributed by atoms with E-state index in [4.69, 9.17) is 0 Å². The van der Waals surface area contributed by atoms with Gasteiger partial charge in [0.15, 0.2) is 0 Å². The molecule has 0 spiro atoms. The van der Waals surface area contributed by atoms with E-state index >= 15 is 0 Å². The summed E-state index contributed by atoms with van der Waals surface area (Å²) in [6, 6.07) is 0. The number of rotatable bonds is 1. The molecule has 3 aliphatic rings. The summed E-state index contributed by atoms with van der Waals surface area (Å²) in [5, 5.41) is 3.28. The standard InChI is InChI=1S/C12H19NO/c1-8(14)13-12-6-5-9(7-12)10-3-2-4-11(10)12/h9-11H,2-7H2,1H3,(H,13,14). The Bertz CT molecular complexity index is 275. The molecular formula is C12H19NO. The first-order valence-corrected chi connectivity index (χ1v) is 6.00. The van der Waals surface area contributed by atoms with Gasteiger partial charge in [-0.1, -0.05) is 6.42 Å². The highest BCUT2D eigenvalue weighted by atomic mass is 16.1. The van der Waals surface area contributed by atoms with E-state index in [1.54, 1.807) is 6.92 Å². The third-order valence-corrected chi connectivity index (χ3v) is 4.90. The summed E-state index contributed by atoms with van der Waals surface area (Å²) < 4.78 is 0. The van der Waals surface area contributed by atoms with Crippen LogP contribution in [0.25, 0.3) is 0 Å². The highest BCUT2D eigenvalue weighted by molar-refractivity contribution is 5.74. The van der Waals surface area contributed by atoms with Crippen molar-refractivity contribution in [3.8, 4) is 0 Å². The lowest BCUT2D eigenvalue weighted by atomic mass is 9.77. The van der Waals surface area contributed by atoms with Crippen LogP contribution in [-0.2, 0) is 4.79 Å². The first-order chi connectivity index (χ1) is 6.71. The van der Waals surface area contributed by atoms with E-state index in [0.29, 0.717) is 0 Å². The molecule has 78 valence electrons. The minimum absolute atomic E-state index is 0.179. The average Bonchev–Trinajstić information content (AvgIpc) is 2.68. The Morgan fingerprint density at radius 2 is 2.21 bits per heavy atom. The molecule has 2 nitrogen and oxygen atoms in total. The molecule has 0 saturated heterocycles. The molecule has 0 radical (unpaired) electrons. The highest BCUT2D eigenvalue weighted by Gasteiger charge is 2.58. The van der Waals surface area contributed by atoms with Gasteiger partial charge in [-0.25, -0.2) is 0 Å². The van der Waals surface area contributed by atoms with Gasteiger partial charge in [-0.2, -0.15) is 0 Å². The summed E-state index contributed by atoms with van der Waals surface area (Å²) >= 11 is 0. The van der Waals surface area contributed by atoms with Crippen LogP contribution < -0.4 is 5.32 Å². The number of hydrogen-bond donors (Lipinski definition) is 1. The Morgan fingerprint density at radius 3 is 3.00 bits per heavy atom. The SMILES string of the molecule is CC(=O)NC12CCC(C1)C1CCCC12. The van der Waals surface area contributed by atoms with Gasteiger partial charge < -0.3 is 5.32 Å². The zero-order chi connectivity index (χ0) is 9.76. The van der Waals surface area contributed by atoms with Crippen molar-refractivity contribution in [1.82, 2.24) is 5.32 Å². The molecule has 0 aromatic carbocycles. The topological polar surface area (TPSA) is 29.1 Å². The van der Waals surface area contributed by atoms with Crippen molar-refractivity contribution < 1.29 is 4.79 Å². The molecule has 14 heavy (non-hydrogen) atoms. The molecule has 3 aliphatic carbocycles. The molecule has 2 heteroatoms. The Morgan fingerprint density at radius 1 is 1.36 bits per heavy atom. The van der Waals surface area contributed by atoms with Crippen LogP contribution in [0.1, 0.15) is 45.4 Å². The molecule has 1 N–H and O–H groups in total. The number of amides is 1. The quantitative estimate of drug-likeness (QED) is 0.679. The number of carbonyl (C=O) groups is 1. The third-order valence-electron chi connectivity index (χ3n) is 4.90. The number of nitrogens with one attached hydrogen (secondary N) is 1. The maximum absolute atomic E-state index is 11.3. The molecule has 4 unspecified atom stereocenters. The highest BCUT2D eigenvalue weighted by Crippen LogP contribution is 2.60. The molecule has 2 bridgehead atoms. The Labute approximate surface area is 85.4 Å². The number of hydrogen-bond acceptors (Lipinski definition) is 1. The molecular weight excluding hydrogens is 174 g/mol. The second-order valence-electron chi connectivity index (χ2n) is 5.54. The van der Waals surface area contributed by atoms with Crippen molar-refractivity contribution in [3.63, 3.8) is 0 Å². The smallest absolute Gasteiger partial charge is 0.217 e. The lowest BCUT2D eigenvalue weighted by molar-refractivity contribution is -0.121. The third kappa shape index (κ3) is 0.999. The van der Waals surface area contributed by atoms with Gasteiger partial charge in [-0.05, 0) is 49.9 Å². The van der Waals surface area contributed by atoms with Crippen molar-refractivity contribution in [2.75, 3.05) is 0 Å². The van der Waals surface area contributed by atoms with Gasteiger partial charge in [-0.3, -0.25) is 4.79 Å². The van der Waals surface area contributed by atoms with E-state index in [2.05, 4.69) is 5.32 Å². The van der Waals surface area contributed by atoms with Gasteiger partial charge in [0.25, 0.3) is 0 Å². The summed E-state index contributed by atoms with van der Waals surface area (Å²) in [5.74, 6) is 2.90. The summed E-state index contributed by atoms with van der Waals surface area (Å²) in [6.45, 7) is 1.67. The predicted molar refractivity (Wildman–Crippen MR) is 54.7 cm³/mol. The fourth-order valence-corrected chi connectivity index (χ4v) is 4.61. The summed E-state index contributed by atoms with van der Waals surface area (Å²) in [6.07, 6.45) is 8.08. The van der Waals surface area contributed by atoms with Gasteiger partial charge >= 0.3 is 0 Å². The summed E-state index contributed by atoms with van der Waals surface area (Å²) in [4.78, 5) is 11.3. The lowest BCUT2D eigenvalue weighted by Crippen LogP contribution is -2.50. The van der Waals surface area contributed by atoms with Crippen molar-refractivity contribution in [3.05, 3.63) is 0 Å². The van der Waals surface area contributed by atoms with Gasteiger partial charge in [0.05, 0.1) is 0 Å². The fourth-order valence-electron chi connectivity index (χ4n) is 4.61. The first kappa shape index (κ1) is 8.75. The average molecular weight is 193 g/mol. The van der Waals surface area contributed by atoms with E-state index in [9.17, 15) is 4.79 Å². The van der Waals surface area contributed by atoms with Crippen LogP contribution in [0.2, 0.25) is 0 Å². The van der Waals surface area contributed by atoms with E-state index in [0.717, 1.165) is 17.8 Å². The number of fused-ring (bicyclic) bond motifs is 5. The van der Waals surface area contributed by atoms with Crippen LogP contribution in [-0.4, -0.2) is 11.4 Å². The Kier molecular flexibility index (Phi) is 1.71. The van der Waals surface area contributed by atoms with E-state index in [-0.39, 0.29) is 11.4 Å². The summed E-state index contributed by atoms with van der Waals surface area (Å²) in [5.41, 5.74) is 0.234. The summed E-state index contributed by atoms with van der Waals surface area (Å²) in [7, 11) is 0. The number of carbonyl (C=O) groups excluding carboxylic acids is 1. The first-order valence-electron chi connectivity index (χ1n) is 6.00. The van der Waals surface area contributed by atoms with Gasteiger partial charge in [0, 0.05) is 12.5 Å². The van der Waals surface area contributed by atoms with E-state index in [1.165, 1.54) is 38.5 Å². The van der Waals surface area contributed by atoms with Crippen LogP contribution in [0.15, 0.2) is 0 Å². The van der Waals surface area contributed by atoms with Crippen molar-refractivity contribution in [2.24, 2.45) is 17.8 Å². The fraction of sp³-hybridized carbons (Fsp3) is 0.917. The lowest BCUT2D eigenvalue weighted by Gasteiger charge is -2.36. The van der Waals surface area contributed by atoms with E-state index < -0.39 is 0 Å². The molecule has 3 saturated carbocycles. The van der Waals surface area contributed by atoms with Crippen LogP contribution >= 0.6 is 0 Å². The molecule has 0 aromatic heterocycles. The molecule has 0 aliphatic heterocycles. The zero-order valence-electron chi connectivity index (χ0n) is 8.88. The van der Waals surface area contributed by atoms with Gasteiger partial charge in [0.1, 0.15) is 0 Å². The minimum Gasteiger partial charge on any atom is -0.351 e. The molecule has 4 atom stereocenters. The monoisotopic (exact) mass is 193 g/mol. The maximum atomic E-state index is 11.3. The van der Waals surface area contributed by atoms with Crippen molar-refractivity contribution in [1.29, 1.82) is 0 Å². The van der Waals surface area contributed by atoms with E-state index in [1.807, 2.05) is 0 Å². The largest absolute Gasteiger partial charge is 0.351 e. The van der Waals surface area contributed by atoms with Crippen molar-refractivity contribution in [2.45, 2.75) is 51.0 Å². The molecule has 1 amide bonds. The van der Waals surface area contributed by atoms with Crippen LogP contribution in [0.5, 0.6) is 0 Å². The van der Waals surface area contributed by atoms with Gasteiger partial charge in [-0.15, -0.1) is 0 Å². The van der Waals surface area contributed by atoms with Crippen LogP contribution in [0.3, 0.4) is 0 Å². The van der Waals surface area contributed by atoms with Gasteiger partial charge in [0.2, 0.25) is 5.91 Å². The molecule has 3 fully saturated rings.